The van der Waals surface area contributed by atoms with Gasteiger partial charge in [-0.05, 0) is 56.3 Å². The van der Waals surface area contributed by atoms with Gasteiger partial charge in [-0.3, -0.25) is 0 Å². The Kier molecular flexibility index (Phi) is 11.7. The highest BCUT2D eigenvalue weighted by molar-refractivity contribution is 7.79. The van der Waals surface area contributed by atoms with Gasteiger partial charge in [0, 0.05) is 5.88 Å². The van der Waals surface area contributed by atoms with Crippen molar-refractivity contribution in [3.05, 3.63) is 91.0 Å². The van der Waals surface area contributed by atoms with Gasteiger partial charge in [0.05, 0.1) is 0 Å². The number of halogens is 1. The van der Waals surface area contributed by atoms with Crippen LogP contribution in [-0.4, -0.2) is 30.4 Å². The van der Waals surface area contributed by atoms with Gasteiger partial charge in [-0.25, -0.2) is 0 Å². The fourth-order valence-electron chi connectivity index (χ4n) is 3.15. The minimum atomic E-state index is -0.446. The summed E-state index contributed by atoms with van der Waals surface area (Å²) in [6.45, 7) is 7.94. The Balaban J connectivity index is 0.000000257. The summed E-state index contributed by atoms with van der Waals surface area (Å²) in [7, 11) is -0.446. The van der Waals surface area contributed by atoms with E-state index >= 15 is 0 Å². The maximum absolute atomic E-state index is 5.55. The number of hydrogen-bond donors (Lipinski definition) is 0. The van der Waals surface area contributed by atoms with Crippen LogP contribution in [0.15, 0.2) is 91.0 Å². The van der Waals surface area contributed by atoms with Crippen LogP contribution in [0.3, 0.4) is 0 Å². The first-order valence-electron chi connectivity index (χ1n) is 10.5. The molecule has 0 fully saturated rings. The summed E-state index contributed by atoms with van der Waals surface area (Å²) in [4.78, 5) is 2.42. The average Bonchev–Trinajstić information content (AvgIpc) is 2.80. The van der Waals surface area contributed by atoms with E-state index in [4.69, 9.17) is 11.6 Å². The number of hydrogen-bond acceptors (Lipinski definition) is 1. The molecule has 3 aromatic rings. The first-order chi connectivity index (χ1) is 14.3. The van der Waals surface area contributed by atoms with Gasteiger partial charge in [-0.1, -0.05) is 105 Å². The molecule has 0 aromatic heterocycles. The minimum Gasteiger partial charge on any atom is -0.304 e. The predicted molar refractivity (Wildman–Crippen MR) is 133 cm³/mol. The highest BCUT2D eigenvalue weighted by atomic mass is 35.5. The van der Waals surface area contributed by atoms with Crippen LogP contribution in [0.1, 0.15) is 26.7 Å². The highest BCUT2D eigenvalue weighted by Gasteiger charge is 2.14. The summed E-state index contributed by atoms with van der Waals surface area (Å²) in [6.07, 6.45) is 2.39. The van der Waals surface area contributed by atoms with Crippen molar-refractivity contribution < 1.29 is 0 Å². The van der Waals surface area contributed by atoms with Crippen LogP contribution in [0.25, 0.3) is 0 Å². The topological polar surface area (TPSA) is 3.24 Å². The predicted octanol–water partition coefficient (Wildman–Crippen LogP) is 5.79. The molecule has 0 saturated heterocycles. The van der Waals surface area contributed by atoms with Crippen LogP contribution in [0.2, 0.25) is 0 Å². The van der Waals surface area contributed by atoms with Crippen LogP contribution in [0, 0.1) is 0 Å². The molecule has 29 heavy (non-hydrogen) atoms. The molecule has 0 aliphatic rings. The Labute approximate surface area is 183 Å². The standard InChI is InChI=1S/C18H15P.C8H18ClN/c1-4-10-16(11-5-1)19(17-12-6-2-7-13-17)18-14-8-3-9-15-18;1-3-10(4-2)8-6-5-7-9/h1-15H;3-8H2,1-2H3. The van der Waals surface area contributed by atoms with Gasteiger partial charge in [0.2, 0.25) is 0 Å². The normalized spacial score (nSPS) is 10.7. The lowest BCUT2D eigenvalue weighted by atomic mass is 10.3. The van der Waals surface area contributed by atoms with E-state index in [1.54, 1.807) is 0 Å². The maximum Gasteiger partial charge on any atom is 0.0223 e. The summed E-state index contributed by atoms with van der Waals surface area (Å²) in [6, 6.07) is 32.3. The molecule has 1 nitrogen and oxygen atoms in total. The van der Waals surface area contributed by atoms with Gasteiger partial charge < -0.3 is 4.90 Å². The van der Waals surface area contributed by atoms with Gasteiger partial charge in [0.15, 0.2) is 0 Å². The summed E-state index contributed by atoms with van der Waals surface area (Å²) in [5, 5.41) is 4.19. The molecule has 154 valence electrons. The van der Waals surface area contributed by atoms with Gasteiger partial charge in [-0.2, -0.15) is 0 Å². The highest BCUT2D eigenvalue weighted by Crippen LogP contribution is 2.32. The van der Waals surface area contributed by atoms with E-state index < -0.39 is 7.92 Å². The lowest BCUT2D eigenvalue weighted by Gasteiger charge is -2.18. The van der Waals surface area contributed by atoms with Crippen molar-refractivity contribution in [1.29, 1.82) is 0 Å². The zero-order valence-corrected chi connectivity index (χ0v) is 19.3. The van der Waals surface area contributed by atoms with Crippen molar-refractivity contribution in [3.63, 3.8) is 0 Å². The second-order valence-electron chi connectivity index (χ2n) is 6.77. The van der Waals surface area contributed by atoms with Gasteiger partial charge >= 0.3 is 0 Å². The van der Waals surface area contributed by atoms with Crippen molar-refractivity contribution in [2.24, 2.45) is 0 Å². The molecule has 0 unspecified atom stereocenters. The third-order valence-corrected chi connectivity index (χ3v) is 7.51. The lowest BCUT2D eigenvalue weighted by Crippen LogP contribution is -2.23. The monoisotopic (exact) mass is 425 g/mol. The minimum absolute atomic E-state index is 0.446. The Hall–Kier alpha value is -1.66. The molecular formula is C26H33ClNP. The molecule has 3 heteroatoms. The van der Waals surface area contributed by atoms with Gasteiger partial charge in [0.25, 0.3) is 0 Å². The summed E-state index contributed by atoms with van der Waals surface area (Å²) < 4.78 is 0. The SMILES string of the molecule is CCN(CC)CCCCCl.c1ccc(P(c2ccccc2)c2ccccc2)cc1. The van der Waals surface area contributed by atoms with Crippen LogP contribution in [-0.2, 0) is 0 Å². The van der Waals surface area contributed by atoms with Crippen molar-refractivity contribution in [1.82, 2.24) is 4.90 Å². The van der Waals surface area contributed by atoms with Crippen molar-refractivity contribution in [2.45, 2.75) is 26.7 Å². The fourth-order valence-corrected chi connectivity index (χ4v) is 5.64. The largest absolute Gasteiger partial charge is 0.304 e. The molecule has 0 atom stereocenters. The van der Waals surface area contributed by atoms with Crippen LogP contribution < -0.4 is 15.9 Å². The second kappa shape index (κ2) is 14.3. The Morgan fingerprint density at radius 2 is 1.00 bits per heavy atom. The van der Waals surface area contributed by atoms with Crippen LogP contribution in [0.4, 0.5) is 0 Å². The van der Waals surface area contributed by atoms with Crippen molar-refractivity contribution >= 4 is 35.4 Å². The first-order valence-corrected chi connectivity index (χ1v) is 12.4. The molecule has 0 spiro atoms. The average molecular weight is 426 g/mol. The molecule has 3 rings (SSSR count). The number of nitrogens with zero attached hydrogens (tertiary/aromatic N) is 1. The van der Waals surface area contributed by atoms with E-state index in [0.717, 1.165) is 12.3 Å². The number of rotatable bonds is 9. The fraction of sp³-hybridized carbons (Fsp3) is 0.308. The van der Waals surface area contributed by atoms with E-state index in [0.29, 0.717) is 0 Å². The van der Waals surface area contributed by atoms with Crippen molar-refractivity contribution in [3.8, 4) is 0 Å². The lowest BCUT2D eigenvalue weighted by molar-refractivity contribution is 0.299. The second-order valence-corrected chi connectivity index (χ2v) is 9.36. The van der Waals surface area contributed by atoms with Crippen molar-refractivity contribution in [2.75, 3.05) is 25.5 Å². The van der Waals surface area contributed by atoms with Crippen LogP contribution in [0.5, 0.6) is 0 Å². The molecule has 3 aromatic carbocycles. The molecule has 0 heterocycles. The van der Waals surface area contributed by atoms with E-state index in [2.05, 4.69) is 110 Å². The zero-order chi connectivity index (χ0) is 20.7. The molecule has 0 radical (unpaired) electrons. The van der Waals surface area contributed by atoms with E-state index in [-0.39, 0.29) is 0 Å². The third kappa shape index (κ3) is 8.31. The smallest absolute Gasteiger partial charge is 0.0223 e. The van der Waals surface area contributed by atoms with E-state index in [1.165, 1.54) is 42.0 Å². The maximum atomic E-state index is 5.55. The Bertz CT molecular complexity index is 667. The number of alkyl halides is 1. The molecule has 0 N–H and O–H groups in total. The van der Waals surface area contributed by atoms with E-state index in [1.807, 2.05) is 0 Å². The molecule has 0 amide bonds. The first kappa shape index (κ1) is 23.6. The van der Waals surface area contributed by atoms with Gasteiger partial charge in [-0.15, -0.1) is 11.6 Å². The summed E-state index contributed by atoms with van der Waals surface area (Å²) in [5.74, 6) is 0.807. The Morgan fingerprint density at radius 1 is 0.621 bits per heavy atom. The Morgan fingerprint density at radius 3 is 1.31 bits per heavy atom. The van der Waals surface area contributed by atoms with E-state index in [9.17, 15) is 0 Å². The molecule has 0 bridgehead atoms. The molecule has 0 aliphatic heterocycles. The number of unbranched alkanes of at least 4 members (excludes halogenated alkanes) is 1. The van der Waals surface area contributed by atoms with Gasteiger partial charge in [0.1, 0.15) is 0 Å². The quantitative estimate of drug-likeness (QED) is 0.238. The summed E-state index contributed by atoms with van der Waals surface area (Å²) in [5.41, 5.74) is 0. The van der Waals surface area contributed by atoms with Crippen LogP contribution >= 0.6 is 19.5 Å². The molecular weight excluding hydrogens is 393 g/mol. The number of benzene rings is 3. The molecule has 0 aliphatic carbocycles. The summed E-state index contributed by atoms with van der Waals surface area (Å²) >= 11 is 5.55. The molecule has 0 saturated carbocycles. The zero-order valence-electron chi connectivity index (χ0n) is 17.7. The third-order valence-electron chi connectivity index (χ3n) is 4.80.